The van der Waals surface area contributed by atoms with Gasteiger partial charge in [0.15, 0.2) is 5.13 Å². The number of hydrogen-bond acceptors (Lipinski definition) is 3. The van der Waals surface area contributed by atoms with E-state index in [-0.39, 0.29) is 16.7 Å². The molecule has 1 aromatic heterocycles. The highest BCUT2D eigenvalue weighted by molar-refractivity contribution is 7.15. The molecule has 0 saturated heterocycles. The van der Waals surface area contributed by atoms with Crippen LogP contribution >= 0.6 is 11.3 Å². The Morgan fingerprint density at radius 2 is 2.15 bits per heavy atom. The number of hydrogen-bond donors (Lipinski definition) is 1. The standard InChI is InChI=1S/C16H22N2OS/c1-9-10(2)20-14(17-9)18-13(19)16-7-6-12(8-16)15(4,5)11(16)3/h12H,3,6-8H2,1-2,4-5H3,(H,17,18,19). The number of aromatic nitrogens is 1. The zero-order chi connectivity index (χ0) is 14.7. The predicted octanol–water partition coefficient (Wildman–Crippen LogP) is 4.08. The van der Waals surface area contributed by atoms with Crippen molar-refractivity contribution in [2.45, 2.75) is 47.0 Å². The molecule has 3 nitrogen and oxygen atoms in total. The summed E-state index contributed by atoms with van der Waals surface area (Å²) in [5.41, 5.74) is 1.84. The van der Waals surface area contributed by atoms with E-state index in [1.54, 1.807) is 11.3 Å². The van der Waals surface area contributed by atoms with Gasteiger partial charge in [0.1, 0.15) is 0 Å². The van der Waals surface area contributed by atoms with Crippen LogP contribution in [0.5, 0.6) is 0 Å². The smallest absolute Gasteiger partial charge is 0.236 e. The van der Waals surface area contributed by atoms with Crippen molar-refractivity contribution >= 4 is 22.4 Å². The fourth-order valence-electron chi connectivity index (χ4n) is 3.88. The molecular formula is C16H22N2OS. The number of nitrogens with one attached hydrogen (secondary N) is 1. The molecule has 1 heterocycles. The van der Waals surface area contributed by atoms with Gasteiger partial charge in [-0.3, -0.25) is 4.79 Å². The summed E-state index contributed by atoms with van der Waals surface area (Å²) in [7, 11) is 0. The van der Waals surface area contributed by atoms with Gasteiger partial charge in [-0.1, -0.05) is 26.0 Å². The molecule has 1 amide bonds. The van der Waals surface area contributed by atoms with Crippen LogP contribution in [0, 0.1) is 30.6 Å². The van der Waals surface area contributed by atoms with Crippen LogP contribution in [0.4, 0.5) is 5.13 Å². The molecule has 2 aliphatic carbocycles. The number of fused-ring (bicyclic) bond motifs is 2. The van der Waals surface area contributed by atoms with Crippen molar-refractivity contribution in [1.82, 2.24) is 4.98 Å². The fourth-order valence-corrected chi connectivity index (χ4v) is 4.69. The van der Waals surface area contributed by atoms with E-state index in [4.69, 9.17) is 0 Å². The molecule has 2 fully saturated rings. The van der Waals surface area contributed by atoms with E-state index < -0.39 is 0 Å². The third kappa shape index (κ3) is 1.70. The van der Waals surface area contributed by atoms with Crippen molar-refractivity contribution in [3.8, 4) is 0 Å². The molecule has 3 rings (SSSR count). The van der Waals surface area contributed by atoms with Gasteiger partial charge in [0, 0.05) is 4.88 Å². The Morgan fingerprint density at radius 3 is 2.65 bits per heavy atom. The molecule has 0 spiro atoms. The third-order valence-electron chi connectivity index (χ3n) is 5.57. The highest BCUT2D eigenvalue weighted by Gasteiger charge is 2.60. The molecule has 0 aromatic carbocycles. The van der Waals surface area contributed by atoms with Crippen LogP contribution in [0.3, 0.4) is 0 Å². The number of anilines is 1. The lowest BCUT2D eigenvalue weighted by molar-refractivity contribution is -0.123. The van der Waals surface area contributed by atoms with Crippen molar-refractivity contribution in [2.75, 3.05) is 5.32 Å². The van der Waals surface area contributed by atoms with Crippen LogP contribution in [0.2, 0.25) is 0 Å². The van der Waals surface area contributed by atoms with E-state index in [0.717, 1.165) is 40.5 Å². The number of nitrogens with zero attached hydrogens (tertiary/aromatic N) is 1. The summed E-state index contributed by atoms with van der Waals surface area (Å²) in [5, 5.41) is 3.76. The average Bonchev–Trinajstić information content (AvgIpc) is 2.98. The summed E-state index contributed by atoms with van der Waals surface area (Å²) in [4.78, 5) is 18.4. The van der Waals surface area contributed by atoms with E-state index in [2.05, 4.69) is 30.7 Å². The molecule has 2 saturated carbocycles. The lowest BCUT2D eigenvalue weighted by Gasteiger charge is -2.36. The lowest BCUT2D eigenvalue weighted by Crippen LogP contribution is -2.37. The third-order valence-corrected chi connectivity index (χ3v) is 6.56. The number of amides is 1. The maximum atomic E-state index is 12.8. The van der Waals surface area contributed by atoms with Gasteiger partial charge in [0.05, 0.1) is 11.1 Å². The summed E-state index contributed by atoms with van der Waals surface area (Å²) in [5.74, 6) is 0.699. The van der Waals surface area contributed by atoms with E-state index >= 15 is 0 Å². The largest absolute Gasteiger partial charge is 0.301 e. The summed E-state index contributed by atoms with van der Waals surface area (Å²) in [6.07, 6.45) is 3.03. The molecule has 0 radical (unpaired) electrons. The summed E-state index contributed by atoms with van der Waals surface area (Å²) < 4.78 is 0. The summed E-state index contributed by atoms with van der Waals surface area (Å²) in [6.45, 7) is 12.7. The monoisotopic (exact) mass is 290 g/mol. The predicted molar refractivity (Wildman–Crippen MR) is 82.9 cm³/mol. The molecule has 2 bridgehead atoms. The molecule has 20 heavy (non-hydrogen) atoms. The maximum absolute atomic E-state index is 12.8. The SMILES string of the molecule is C=C1C2(C(=O)Nc3nc(C)c(C)s3)CCC(C2)C1(C)C. The van der Waals surface area contributed by atoms with Crippen LogP contribution in [0.25, 0.3) is 0 Å². The minimum atomic E-state index is -0.359. The molecule has 2 aliphatic rings. The van der Waals surface area contributed by atoms with Crippen molar-refractivity contribution in [1.29, 1.82) is 0 Å². The Kier molecular flexibility index (Phi) is 2.88. The zero-order valence-corrected chi connectivity index (χ0v) is 13.5. The van der Waals surface area contributed by atoms with Crippen molar-refractivity contribution in [3.63, 3.8) is 0 Å². The number of carbonyl (C=O) groups excluding carboxylic acids is 1. The Hall–Kier alpha value is -1.16. The van der Waals surface area contributed by atoms with Gasteiger partial charge in [-0.2, -0.15) is 0 Å². The van der Waals surface area contributed by atoms with Crippen LogP contribution in [-0.2, 0) is 4.79 Å². The van der Waals surface area contributed by atoms with Gasteiger partial charge < -0.3 is 5.32 Å². The highest BCUT2D eigenvalue weighted by atomic mass is 32.1. The zero-order valence-electron chi connectivity index (χ0n) is 12.7. The van der Waals surface area contributed by atoms with E-state index in [1.165, 1.54) is 0 Å². The second kappa shape index (κ2) is 4.17. The molecule has 1 aromatic rings. The minimum Gasteiger partial charge on any atom is -0.301 e. The lowest BCUT2D eigenvalue weighted by atomic mass is 9.68. The summed E-state index contributed by atoms with van der Waals surface area (Å²) >= 11 is 1.55. The molecule has 0 aliphatic heterocycles. The quantitative estimate of drug-likeness (QED) is 0.834. The van der Waals surface area contributed by atoms with Gasteiger partial charge in [-0.05, 0) is 44.4 Å². The number of aryl methyl sites for hydroxylation is 2. The fraction of sp³-hybridized carbons (Fsp3) is 0.625. The molecule has 2 unspecified atom stereocenters. The first-order valence-electron chi connectivity index (χ1n) is 7.23. The Labute approximate surface area is 124 Å². The van der Waals surface area contributed by atoms with E-state index in [1.807, 2.05) is 13.8 Å². The normalized spacial score (nSPS) is 30.8. The maximum Gasteiger partial charge on any atom is 0.236 e. The van der Waals surface area contributed by atoms with Crippen LogP contribution in [0.1, 0.15) is 43.7 Å². The summed E-state index contributed by atoms with van der Waals surface area (Å²) in [6, 6.07) is 0. The first-order valence-corrected chi connectivity index (χ1v) is 8.04. The molecule has 4 heteroatoms. The van der Waals surface area contributed by atoms with E-state index in [0.29, 0.717) is 5.92 Å². The van der Waals surface area contributed by atoms with Crippen LogP contribution < -0.4 is 5.32 Å². The topological polar surface area (TPSA) is 42.0 Å². The number of rotatable bonds is 2. The van der Waals surface area contributed by atoms with Gasteiger partial charge in [-0.15, -0.1) is 11.3 Å². The van der Waals surface area contributed by atoms with Crippen molar-refractivity contribution in [3.05, 3.63) is 22.7 Å². The van der Waals surface area contributed by atoms with Crippen LogP contribution in [-0.4, -0.2) is 10.9 Å². The first-order chi connectivity index (χ1) is 9.27. The number of carbonyl (C=O) groups is 1. The van der Waals surface area contributed by atoms with Crippen LogP contribution in [0.15, 0.2) is 12.2 Å². The molecule has 1 N–H and O–H groups in total. The van der Waals surface area contributed by atoms with Gasteiger partial charge in [0.25, 0.3) is 0 Å². The number of thiazole rings is 1. The highest BCUT2D eigenvalue weighted by Crippen LogP contribution is 2.65. The second-order valence-corrected chi connectivity index (χ2v) is 8.04. The molecule has 2 atom stereocenters. The van der Waals surface area contributed by atoms with Gasteiger partial charge in [-0.25, -0.2) is 4.98 Å². The molecular weight excluding hydrogens is 268 g/mol. The molecule has 108 valence electrons. The van der Waals surface area contributed by atoms with Crippen molar-refractivity contribution < 1.29 is 4.79 Å². The van der Waals surface area contributed by atoms with Gasteiger partial charge >= 0.3 is 0 Å². The Morgan fingerprint density at radius 1 is 1.45 bits per heavy atom. The first kappa shape index (κ1) is 13.8. The Bertz CT molecular complexity index is 582. The van der Waals surface area contributed by atoms with E-state index in [9.17, 15) is 4.79 Å². The van der Waals surface area contributed by atoms with Crippen molar-refractivity contribution in [2.24, 2.45) is 16.7 Å². The average molecular weight is 290 g/mol. The van der Waals surface area contributed by atoms with Gasteiger partial charge in [0.2, 0.25) is 5.91 Å². The second-order valence-electron chi connectivity index (χ2n) is 6.84. The Balaban J connectivity index is 1.86. The minimum absolute atomic E-state index is 0.0876.